The van der Waals surface area contributed by atoms with Crippen LogP contribution < -0.4 is 5.32 Å². The highest BCUT2D eigenvalue weighted by atomic mass is 16.3. The maximum absolute atomic E-state index is 12.3. The number of phenolic OH excluding ortho intramolecular Hbond substituents is 2. The van der Waals surface area contributed by atoms with Gasteiger partial charge in [0.05, 0.1) is 0 Å². The number of amides is 1. The minimum Gasteiger partial charge on any atom is -0.508 e. The lowest BCUT2D eigenvalue weighted by molar-refractivity contribution is -0.130. The van der Waals surface area contributed by atoms with Gasteiger partial charge in [-0.1, -0.05) is 34.6 Å². The van der Waals surface area contributed by atoms with Gasteiger partial charge in [0, 0.05) is 17.5 Å². The fourth-order valence-corrected chi connectivity index (χ4v) is 2.82. The Hall–Kier alpha value is -1.71. The van der Waals surface area contributed by atoms with Crippen LogP contribution in [0, 0.1) is 5.41 Å². The van der Waals surface area contributed by atoms with Crippen LogP contribution in [0.3, 0.4) is 0 Å². The van der Waals surface area contributed by atoms with Gasteiger partial charge in [-0.2, -0.15) is 0 Å². The summed E-state index contributed by atoms with van der Waals surface area (Å²) in [5.41, 5.74) is -0.342. The summed E-state index contributed by atoms with van der Waals surface area (Å²) in [6.45, 7) is 10.4. The summed E-state index contributed by atoms with van der Waals surface area (Å²) in [6.07, 6.45) is 1.46. The van der Waals surface area contributed by atoms with Crippen molar-refractivity contribution in [2.24, 2.45) is 5.41 Å². The van der Waals surface area contributed by atoms with Gasteiger partial charge in [-0.05, 0) is 36.5 Å². The van der Waals surface area contributed by atoms with Crippen LogP contribution in [0.25, 0.3) is 0 Å². The Balaban J connectivity index is 2.97. The average molecular weight is 293 g/mol. The zero-order valence-electron chi connectivity index (χ0n) is 13.7. The molecule has 1 aromatic rings. The van der Waals surface area contributed by atoms with E-state index in [2.05, 4.69) is 5.32 Å². The van der Waals surface area contributed by atoms with E-state index in [1.54, 1.807) is 6.07 Å². The second kappa shape index (κ2) is 6.37. The predicted octanol–water partition coefficient (Wildman–Crippen LogP) is 3.32. The molecule has 0 aliphatic carbocycles. The van der Waals surface area contributed by atoms with Crippen molar-refractivity contribution in [1.29, 1.82) is 0 Å². The summed E-state index contributed by atoms with van der Waals surface area (Å²) < 4.78 is 0. The van der Waals surface area contributed by atoms with Crippen LogP contribution in [0.2, 0.25) is 0 Å². The van der Waals surface area contributed by atoms with Gasteiger partial charge < -0.3 is 15.5 Å². The lowest BCUT2D eigenvalue weighted by Crippen LogP contribution is -2.41. The number of aromatic hydroxyl groups is 2. The van der Waals surface area contributed by atoms with Gasteiger partial charge in [0.1, 0.15) is 11.5 Å². The maximum atomic E-state index is 12.3. The number of phenols is 2. The Labute approximate surface area is 127 Å². The van der Waals surface area contributed by atoms with Crippen LogP contribution in [0.4, 0.5) is 0 Å². The van der Waals surface area contributed by atoms with Crippen molar-refractivity contribution in [3.8, 4) is 11.5 Å². The molecule has 4 heteroatoms. The van der Waals surface area contributed by atoms with Gasteiger partial charge in [-0.25, -0.2) is 0 Å². The minimum atomic E-state index is -0.559. The van der Waals surface area contributed by atoms with Crippen molar-refractivity contribution < 1.29 is 15.0 Å². The van der Waals surface area contributed by atoms with E-state index in [0.717, 1.165) is 6.42 Å². The van der Waals surface area contributed by atoms with E-state index < -0.39 is 10.8 Å². The Morgan fingerprint density at radius 3 is 2.38 bits per heavy atom. The molecule has 1 aromatic carbocycles. The van der Waals surface area contributed by atoms with Crippen molar-refractivity contribution in [2.75, 3.05) is 6.54 Å². The largest absolute Gasteiger partial charge is 0.508 e. The monoisotopic (exact) mass is 293 g/mol. The quantitative estimate of drug-likeness (QED) is 0.705. The van der Waals surface area contributed by atoms with Crippen LogP contribution in [0.1, 0.15) is 53.0 Å². The molecule has 0 heterocycles. The summed E-state index contributed by atoms with van der Waals surface area (Å²) in [6, 6.07) is 4.50. The standard InChI is InChI=1S/C17H27NO3/c1-6-9-18-15(21)17(4,5)11-16(2,3)13-10-12(19)7-8-14(13)20/h7-8,10,19-20H,6,9,11H2,1-5H3,(H,18,21). The number of carbonyl (C=O) groups excluding carboxylic acids is 1. The number of rotatable bonds is 6. The molecule has 21 heavy (non-hydrogen) atoms. The first-order chi connectivity index (χ1) is 9.60. The number of hydrogen-bond acceptors (Lipinski definition) is 3. The smallest absolute Gasteiger partial charge is 0.225 e. The summed E-state index contributed by atoms with van der Waals surface area (Å²) in [4.78, 5) is 12.3. The summed E-state index contributed by atoms with van der Waals surface area (Å²) >= 11 is 0. The molecule has 0 aliphatic heterocycles. The Morgan fingerprint density at radius 2 is 1.81 bits per heavy atom. The first kappa shape index (κ1) is 17.3. The van der Waals surface area contributed by atoms with E-state index in [0.29, 0.717) is 18.5 Å². The highest BCUT2D eigenvalue weighted by Crippen LogP contribution is 2.41. The van der Waals surface area contributed by atoms with Gasteiger partial charge >= 0.3 is 0 Å². The van der Waals surface area contributed by atoms with Gasteiger partial charge in [0.25, 0.3) is 0 Å². The molecule has 0 radical (unpaired) electrons. The number of carbonyl (C=O) groups is 1. The lowest BCUT2D eigenvalue weighted by atomic mass is 9.70. The second-order valence-corrected chi connectivity index (χ2v) is 6.90. The van der Waals surface area contributed by atoms with Crippen LogP contribution in [0.5, 0.6) is 11.5 Å². The molecule has 1 rings (SSSR count). The van der Waals surface area contributed by atoms with Crippen molar-refractivity contribution in [2.45, 2.75) is 52.9 Å². The van der Waals surface area contributed by atoms with E-state index in [1.807, 2.05) is 34.6 Å². The molecule has 0 unspecified atom stereocenters. The van der Waals surface area contributed by atoms with Crippen LogP contribution in [-0.4, -0.2) is 22.7 Å². The molecule has 0 fully saturated rings. The molecule has 0 aromatic heterocycles. The van der Waals surface area contributed by atoms with Gasteiger partial charge in [0.2, 0.25) is 5.91 Å². The van der Waals surface area contributed by atoms with Crippen molar-refractivity contribution in [3.63, 3.8) is 0 Å². The van der Waals surface area contributed by atoms with Crippen LogP contribution in [0.15, 0.2) is 18.2 Å². The Morgan fingerprint density at radius 1 is 1.19 bits per heavy atom. The first-order valence-electron chi connectivity index (χ1n) is 7.41. The molecule has 3 N–H and O–H groups in total. The van der Waals surface area contributed by atoms with E-state index in [4.69, 9.17) is 0 Å². The van der Waals surface area contributed by atoms with Gasteiger partial charge in [0.15, 0.2) is 0 Å². The van der Waals surface area contributed by atoms with Gasteiger partial charge in [-0.15, -0.1) is 0 Å². The predicted molar refractivity (Wildman–Crippen MR) is 84.5 cm³/mol. The van der Waals surface area contributed by atoms with E-state index in [-0.39, 0.29) is 17.4 Å². The average Bonchev–Trinajstić information content (AvgIpc) is 2.37. The molecule has 4 nitrogen and oxygen atoms in total. The molecular weight excluding hydrogens is 266 g/mol. The highest BCUT2D eigenvalue weighted by molar-refractivity contribution is 5.82. The SMILES string of the molecule is CCCNC(=O)C(C)(C)CC(C)(C)c1cc(O)ccc1O. The molecule has 0 atom stereocenters. The lowest BCUT2D eigenvalue weighted by Gasteiger charge is -2.34. The molecular formula is C17H27NO3. The Kier molecular flexibility index (Phi) is 5.26. The second-order valence-electron chi connectivity index (χ2n) is 6.90. The maximum Gasteiger partial charge on any atom is 0.225 e. The zero-order valence-corrected chi connectivity index (χ0v) is 13.7. The Bertz CT molecular complexity index is 507. The fraction of sp³-hybridized carbons (Fsp3) is 0.588. The summed E-state index contributed by atoms with van der Waals surface area (Å²) in [5.74, 6) is 0.267. The third-order valence-electron chi connectivity index (χ3n) is 3.74. The fourth-order valence-electron chi connectivity index (χ4n) is 2.82. The van der Waals surface area contributed by atoms with Crippen molar-refractivity contribution in [3.05, 3.63) is 23.8 Å². The molecule has 0 bridgehead atoms. The first-order valence-corrected chi connectivity index (χ1v) is 7.41. The summed E-state index contributed by atoms with van der Waals surface area (Å²) in [7, 11) is 0. The highest BCUT2D eigenvalue weighted by Gasteiger charge is 2.36. The topological polar surface area (TPSA) is 69.6 Å². The zero-order chi connectivity index (χ0) is 16.3. The molecule has 0 aliphatic rings. The molecule has 1 amide bonds. The van der Waals surface area contributed by atoms with E-state index >= 15 is 0 Å². The summed E-state index contributed by atoms with van der Waals surface area (Å²) in [5, 5.41) is 22.6. The van der Waals surface area contributed by atoms with Gasteiger partial charge in [-0.3, -0.25) is 4.79 Å². The van der Waals surface area contributed by atoms with Crippen LogP contribution in [-0.2, 0) is 10.2 Å². The van der Waals surface area contributed by atoms with E-state index in [9.17, 15) is 15.0 Å². The third kappa shape index (κ3) is 4.38. The van der Waals surface area contributed by atoms with Crippen molar-refractivity contribution >= 4 is 5.91 Å². The number of benzene rings is 1. The molecule has 0 spiro atoms. The molecule has 118 valence electrons. The van der Waals surface area contributed by atoms with E-state index in [1.165, 1.54) is 12.1 Å². The minimum absolute atomic E-state index is 0.0112. The normalized spacial score (nSPS) is 12.2. The third-order valence-corrected chi connectivity index (χ3v) is 3.74. The number of nitrogens with one attached hydrogen (secondary N) is 1. The molecule has 0 saturated heterocycles. The molecule has 0 saturated carbocycles. The number of hydrogen-bond donors (Lipinski definition) is 3. The van der Waals surface area contributed by atoms with Crippen molar-refractivity contribution in [1.82, 2.24) is 5.32 Å². The van der Waals surface area contributed by atoms with Crippen LogP contribution >= 0.6 is 0 Å².